The summed E-state index contributed by atoms with van der Waals surface area (Å²) in [4.78, 5) is 19.1. The molecule has 0 spiro atoms. The first-order valence-electron chi connectivity index (χ1n) is 9.00. The number of likely N-dealkylation sites (tertiary alicyclic amines) is 1. The second kappa shape index (κ2) is 7.21. The minimum Gasteiger partial charge on any atom is -0.298 e. The average molecular weight is 366 g/mol. The van der Waals surface area contributed by atoms with E-state index < -0.39 is 0 Å². The van der Waals surface area contributed by atoms with E-state index in [9.17, 15) is 4.79 Å². The van der Waals surface area contributed by atoms with Crippen LogP contribution in [0.4, 0.5) is 0 Å². The monoisotopic (exact) mass is 366 g/mol. The highest BCUT2D eigenvalue weighted by molar-refractivity contribution is 7.14. The maximum atomic E-state index is 12.4. The van der Waals surface area contributed by atoms with Gasteiger partial charge >= 0.3 is 0 Å². The molecule has 5 nitrogen and oxygen atoms in total. The second-order valence-corrected chi connectivity index (χ2v) is 8.39. The number of aromatic nitrogens is 3. The lowest BCUT2D eigenvalue weighted by Crippen LogP contribution is -2.28. The Morgan fingerprint density at radius 1 is 1.27 bits per heavy atom. The summed E-state index contributed by atoms with van der Waals surface area (Å²) in [5.74, 6) is 0.936. The quantitative estimate of drug-likeness (QED) is 0.691. The maximum absolute atomic E-state index is 12.4. The molecule has 134 valence electrons. The number of ketones is 1. The zero-order valence-electron chi connectivity index (χ0n) is 15.1. The number of benzene rings is 1. The fourth-order valence-electron chi connectivity index (χ4n) is 3.51. The average Bonchev–Trinajstić information content (AvgIpc) is 3.22. The summed E-state index contributed by atoms with van der Waals surface area (Å²) in [7, 11) is 0. The first-order chi connectivity index (χ1) is 12.6. The first-order valence-corrected chi connectivity index (χ1v) is 9.82. The van der Waals surface area contributed by atoms with Crippen LogP contribution < -0.4 is 0 Å². The highest BCUT2D eigenvalue weighted by atomic mass is 32.1. The number of hydrogen-bond acceptors (Lipinski definition) is 6. The van der Waals surface area contributed by atoms with Crippen molar-refractivity contribution in [2.75, 3.05) is 19.6 Å². The van der Waals surface area contributed by atoms with Gasteiger partial charge in [0.1, 0.15) is 10.0 Å². The molecule has 0 N–H and O–H groups in total. The Morgan fingerprint density at radius 3 is 2.88 bits per heavy atom. The molecule has 0 radical (unpaired) electrons. The molecular weight excluding hydrogens is 344 g/mol. The normalized spacial score (nSPS) is 17.8. The molecule has 1 fully saturated rings. The van der Waals surface area contributed by atoms with E-state index in [1.807, 2.05) is 31.3 Å². The molecule has 1 atom stereocenters. The van der Waals surface area contributed by atoms with Gasteiger partial charge in [0.15, 0.2) is 5.78 Å². The van der Waals surface area contributed by atoms with E-state index in [0.717, 1.165) is 45.1 Å². The summed E-state index contributed by atoms with van der Waals surface area (Å²) in [6.45, 7) is 6.79. The molecule has 1 aliphatic heterocycles. The minimum absolute atomic E-state index is 0.238. The third-order valence-corrected chi connectivity index (χ3v) is 5.73. The number of rotatable bonds is 5. The molecule has 0 bridgehead atoms. The van der Waals surface area contributed by atoms with Gasteiger partial charge in [-0.3, -0.25) is 14.7 Å². The van der Waals surface area contributed by atoms with E-state index >= 15 is 0 Å². The smallest absolute Gasteiger partial charge is 0.152 e. The number of hydrogen-bond donors (Lipinski definition) is 0. The Balaban J connectivity index is 1.51. The highest BCUT2D eigenvalue weighted by Gasteiger charge is 2.20. The molecule has 0 amide bonds. The zero-order chi connectivity index (χ0) is 18.1. The van der Waals surface area contributed by atoms with Crippen LogP contribution in [0.15, 0.2) is 30.5 Å². The molecule has 3 aromatic rings. The minimum atomic E-state index is 0.238. The summed E-state index contributed by atoms with van der Waals surface area (Å²) in [6, 6.07) is 8.22. The van der Waals surface area contributed by atoms with E-state index in [2.05, 4.69) is 33.1 Å². The number of Topliss-reactive ketones (excluding diaryl/α,β-unsaturated/α-hetero) is 1. The fourth-order valence-corrected chi connectivity index (χ4v) is 4.19. The molecule has 1 aliphatic rings. The predicted molar refractivity (Wildman–Crippen MR) is 104 cm³/mol. The summed E-state index contributed by atoms with van der Waals surface area (Å²) in [5.41, 5.74) is 1.89. The SMILES string of the molecule is Cc1nnc(-c2ccc3cnc(CC(=O)CN4CC[C@H](C)C4)cc3c2)s1. The van der Waals surface area contributed by atoms with Crippen LogP contribution in [0.3, 0.4) is 0 Å². The number of carbonyl (C=O) groups excluding carboxylic acids is 1. The number of aryl methyl sites for hydroxylation is 1. The van der Waals surface area contributed by atoms with Gasteiger partial charge in [-0.25, -0.2) is 0 Å². The lowest BCUT2D eigenvalue weighted by atomic mass is 10.1. The van der Waals surface area contributed by atoms with Crippen LogP contribution in [0.1, 0.15) is 24.0 Å². The van der Waals surface area contributed by atoms with E-state index in [1.165, 1.54) is 6.42 Å². The molecule has 0 aliphatic carbocycles. The van der Waals surface area contributed by atoms with Gasteiger partial charge in [-0.05, 0) is 43.3 Å². The van der Waals surface area contributed by atoms with Gasteiger partial charge in [-0.2, -0.15) is 0 Å². The molecule has 0 unspecified atom stereocenters. The largest absolute Gasteiger partial charge is 0.298 e. The second-order valence-electron chi connectivity index (χ2n) is 7.21. The lowest BCUT2D eigenvalue weighted by molar-refractivity contribution is -0.119. The van der Waals surface area contributed by atoms with Gasteiger partial charge in [0, 0.05) is 29.4 Å². The van der Waals surface area contributed by atoms with Crippen molar-refractivity contribution in [1.29, 1.82) is 0 Å². The standard InChI is InChI=1S/C20H22N4OS/c1-13-5-6-24(11-13)12-19(25)9-18-8-17-7-15(3-4-16(17)10-21-18)20-23-22-14(2)26-20/h3-4,7-8,10,13H,5-6,9,11-12H2,1-2H3/t13-/m0/s1. The molecule has 1 saturated heterocycles. The van der Waals surface area contributed by atoms with Crippen LogP contribution >= 0.6 is 11.3 Å². The molecule has 0 saturated carbocycles. The van der Waals surface area contributed by atoms with Gasteiger partial charge in [0.2, 0.25) is 0 Å². The van der Waals surface area contributed by atoms with Gasteiger partial charge in [0.05, 0.1) is 13.0 Å². The van der Waals surface area contributed by atoms with E-state index in [-0.39, 0.29) is 5.78 Å². The van der Waals surface area contributed by atoms with Gasteiger partial charge in [-0.1, -0.05) is 30.4 Å². The molecule has 26 heavy (non-hydrogen) atoms. The van der Waals surface area contributed by atoms with E-state index in [0.29, 0.717) is 18.9 Å². The summed E-state index contributed by atoms with van der Waals surface area (Å²) in [5, 5.41) is 12.3. The molecular formula is C20H22N4OS. The Morgan fingerprint density at radius 2 is 2.15 bits per heavy atom. The Labute approximate surface area is 157 Å². The summed E-state index contributed by atoms with van der Waals surface area (Å²) in [6.07, 6.45) is 3.43. The summed E-state index contributed by atoms with van der Waals surface area (Å²) >= 11 is 1.58. The molecule has 1 aromatic carbocycles. The van der Waals surface area contributed by atoms with Crippen molar-refractivity contribution in [2.24, 2.45) is 5.92 Å². The van der Waals surface area contributed by atoms with Crippen molar-refractivity contribution in [2.45, 2.75) is 26.7 Å². The van der Waals surface area contributed by atoms with Crippen molar-refractivity contribution in [1.82, 2.24) is 20.1 Å². The van der Waals surface area contributed by atoms with Crippen LogP contribution in [0.2, 0.25) is 0 Å². The lowest BCUT2D eigenvalue weighted by Gasteiger charge is -2.13. The van der Waals surface area contributed by atoms with Crippen LogP contribution in [0.5, 0.6) is 0 Å². The van der Waals surface area contributed by atoms with Crippen molar-refractivity contribution < 1.29 is 4.79 Å². The van der Waals surface area contributed by atoms with Crippen LogP contribution in [0.25, 0.3) is 21.3 Å². The number of carbonyl (C=O) groups is 1. The predicted octanol–water partition coefficient (Wildman–Crippen LogP) is 3.52. The van der Waals surface area contributed by atoms with E-state index in [4.69, 9.17) is 0 Å². The maximum Gasteiger partial charge on any atom is 0.152 e. The van der Waals surface area contributed by atoms with E-state index in [1.54, 1.807) is 11.3 Å². The number of nitrogens with zero attached hydrogens (tertiary/aromatic N) is 4. The third kappa shape index (κ3) is 3.81. The Kier molecular flexibility index (Phi) is 4.78. The van der Waals surface area contributed by atoms with Crippen molar-refractivity contribution in [3.8, 4) is 10.6 Å². The van der Waals surface area contributed by atoms with Crippen LogP contribution in [-0.4, -0.2) is 45.5 Å². The molecule has 6 heteroatoms. The van der Waals surface area contributed by atoms with Crippen molar-refractivity contribution >= 4 is 27.9 Å². The number of pyridine rings is 1. The van der Waals surface area contributed by atoms with Gasteiger partial charge < -0.3 is 0 Å². The zero-order valence-corrected chi connectivity index (χ0v) is 15.9. The Hall–Kier alpha value is -2.18. The fraction of sp³-hybridized carbons (Fsp3) is 0.400. The van der Waals surface area contributed by atoms with Crippen molar-refractivity contribution in [3.63, 3.8) is 0 Å². The van der Waals surface area contributed by atoms with Gasteiger partial charge in [0.25, 0.3) is 0 Å². The summed E-state index contributed by atoms with van der Waals surface area (Å²) < 4.78 is 0. The highest BCUT2D eigenvalue weighted by Crippen LogP contribution is 2.27. The Bertz CT molecular complexity index is 952. The van der Waals surface area contributed by atoms with Gasteiger partial charge in [-0.15, -0.1) is 10.2 Å². The molecule has 3 heterocycles. The van der Waals surface area contributed by atoms with Crippen LogP contribution in [0, 0.1) is 12.8 Å². The molecule has 4 rings (SSSR count). The van der Waals surface area contributed by atoms with Crippen LogP contribution in [-0.2, 0) is 11.2 Å². The first kappa shape index (κ1) is 17.2. The van der Waals surface area contributed by atoms with Crippen molar-refractivity contribution in [3.05, 3.63) is 41.2 Å². The third-order valence-electron chi connectivity index (χ3n) is 4.84. The number of fused-ring (bicyclic) bond motifs is 1. The molecule has 2 aromatic heterocycles. The topological polar surface area (TPSA) is 59.0 Å².